The van der Waals surface area contributed by atoms with Gasteiger partial charge in [0.2, 0.25) is 0 Å². The number of esters is 1. The average Bonchev–Trinajstić information content (AvgIpc) is 2.63. The normalized spacial score (nSPS) is 13.7. The topological polar surface area (TPSA) is 86.8 Å². The summed E-state index contributed by atoms with van der Waals surface area (Å²) in [6.07, 6.45) is 0.277. The van der Waals surface area contributed by atoms with E-state index in [0.717, 1.165) is 0 Å². The van der Waals surface area contributed by atoms with Crippen molar-refractivity contribution < 1.29 is 23.8 Å². The molecule has 1 aliphatic rings. The van der Waals surface area contributed by atoms with Crippen molar-refractivity contribution in [1.82, 2.24) is 4.98 Å². The van der Waals surface area contributed by atoms with Crippen LogP contribution in [-0.2, 0) is 9.53 Å². The molecular weight excluding hydrogens is 383 g/mol. The van der Waals surface area contributed by atoms with Crippen LogP contribution in [0.4, 0.5) is 5.82 Å². The Morgan fingerprint density at radius 1 is 1.19 bits per heavy atom. The minimum absolute atomic E-state index is 0.128. The first kappa shape index (κ1) is 18.3. The van der Waals surface area contributed by atoms with Gasteiger partial charge < -0.3 is 19.5 Å². The van der Waals surface area contributed by atoms with Gasteiger partial charge in [-0.1, -0.05) is 23.2 Å². The number of halogens is 2. The van der Waals surface area contributed by atoms with Gasteiger partial charge in [0.1, 0.15) is 13.2 Å². The SMILES string of the molecule is C[C@H](OC(=O)c1ccc2c(c1)OCCO2)C(=O)Nc1ncc(Cl)cc1Cl. The predicted octanol–water partition coefficient (Wildman–Crippen LogP) is 3.34. The smallest absolute Gasteiger partial charge is 0.339 e. The van der Waals surface area contributed by atoms with Gasteiger partial charge in [0.25, 0.3) is 5.91 Å². The molecule has 136 valence electrons. The fourth-order valence-electron chi connectivity index (χ4n) is 2.18. The molecule has 7 nitrogen and oxygen atoms in total. The van der Waals surface area contributed by atoms with Crippen molar-refractivity contribution in [2.75, 3.05) is 18.5 Å². The second-order valence-corrected chi connectivity index (χ2v) is 6.22. The molecule has 1 atom stereocenters. The third-order valence-electron chi connectivity index (χ3n) is 3.48. The van der Waals surface area contributed by atoms with Crippen LogP contribution < -0.4 is 14.8 Å². The molecule has 3 rings (SSSR count). The van der Waals surface area contributed by atoms with Crippen LogP contribution in [0, 0.1) is 0 Å². The first-order chi connectivity index (χ1) is 12.4. The van der Waals surface area contributed by atoms with Gasteiger partial charge in [-0.15, -0.1) is 0 Å². The molecule has 1 N–H and O–H groups in total. The molecule has 9 heteroatoms. The molecule has 2 heterocycles. The van der Waals surface area contributed by atoms with E-state index in [1.807, 2.05) is 0 Å². The molecule has 1 aromatic heterocycles. The lowest BCUT2D eigenvalue weighted by Gasteiger charge is -2.19. The van der Waals surface area contributed by atoms with Gasteiger partial charge in [-0.25, -0.2) is 9.78 Å². The zero-order valence-electron chi connectivity index (χ0n) is 13.6. The van der Waals surface area contributed by atoms with Crippen LogP contribution in [0.5, 0.6) is 11.5 Å². The summed E-state index contributed by atoms with van der Waals surface area (Å²) in [4.78, 5) is 28.4. The molecule has 0 bridgehead atoms. The number of carbonyl (C=O) groups excluding carboxylic acids is 2. The molecule has 26 heavy (non-hydrogen) atoms. The van der Waals surface area contributed by atoms with Crippen LogP contribution in [0.25, 0.3) is 0 Å². The quantitative estimate of drug-likeness (QED) is 0.797. The fraction of sp³-hybridized carbons (Fsp3) is 0.235. The summed E-state index contributed by atoms with van der Waals surface area (Å²) in [5.41, 5.74) is 0.247. The standard InChI is InChI=1S/C17H14Cl2N2O5/c1-9(16(22)21-15-12(19)7-11(18)8-20-15)26-17(23)10-2-3-13-14(6-10)25-5-4-24-13/h2-3,6-9H,4-5H2,1H3,(H,20,21,22)/t9-/m0/s1. The van der Waals surface area contributed by atoms with Crippen molar-refractivity contribution in [2.45, 2.75) is 13.0 Å². The molecule has 0 fully saturated rings. The van der Waals surface area contributed by atoms with Gasteiger partial charge in [0.05, 0.1) is 15.6 Å². The number of nitrogens with zero attached hydrogens (tertiary/aromatic N) is 1. The molecule has 0 unspecified atom stereocenters. The van der Waals surface area contributed by atoms with E-state index in [1.54, 1.807) is 6.07 Å². The number of nitrogens with one attached hydrogen (secondary N) is 1. The van der Waals surface area contributed by atoms with Gasteiger partial charge in [0, 0.05) is 6.20 Å². The van der Waals surface area contributed by atoms with E-state index in [4.69, 9.17) is 37.4 Å². The van der Waals surface area contributed by atoms with Crippen LogP contribution in [0.2, 0.25) is 10.0 Å². The van der Waals surface area contributed by atoms with Gasteiger partial charge in [-0.3, -0.25) is 4.79 Å². The summed E-state index contributed by atoms with van der Waals surface area (Å²) in [6.45, 7) is 2.30. The Labute approximate surface area is 159 Å². The molecular formula is C17H14Cl2N2O5. The fourth-order valence-corrected chi connectivity index (χ4v) is 2.60. The van der Waals surface area contributed by atoms with Crippen LogP contribution in [0.3, 0.4) is 0 Å². The second-order valence-electron chi connectivity index (χ2n) is 5.38. The zero-order valence-corrected chi connectivity index (χ0v) is 15.1. The number of benzene rings is 1. The van der Waals surface area contributed by atoms with Crippen LogP contribution in [0.1, 0.15) is 17.3 Å². The maximum atomic E-state index is 12.3. The Morgan fingerprint density at radius 2 is 1.92 bits per heavy atom. The van der Waals surface area contributed by atoms with Crippen molar-refractivity contribution in [3.8, 4) is 11.5 Å². The highest BCUT2D eigenvalue weighted by atomic mass is 35.5. The van der Waals surface area contributed by atoms with E-state index in [2.05, 4.69) is 10.3 Å². The maximum absolute atomic E-state index is 12.3. The summed E-state index contributed by atoms with van der Waals surface area (Å²) in [6, 6.07) is 6.11. The molecule has 1 aromatic carbocycles. The van der Waals surface area contributed by atoms with Crippen molar-refractivity contribution in [1.29, 1.82) is 0 Å². The largest absolute Gasteiger partial charge is 0.486 e. The summed E-state index contributed by atoms with van der Waals surface area (Å²) in [7, 11) is 0. The Kier molecular flexibility index (Phi) is 5.49. The number of hydrogen-bond acceptors (Lipinski definition) is 6. The minimum Gasteiger partial charge on any atom is -0.486 e. The van der Waals surface area contributed by atoms with Crippen molar-refractivity contribution >= 4 is 40.9 Å². The molecule has 0 saturated carbocycles. The minimum atomic E-state index is -1.07. The van der Waals surface area contributed by atoms with Gasteiger partial charge in [-0.05, 0) is 31.2 Å². The highest BCUT2D eigenvalue weighted by molar-refractivity contribution is 6.36. The average molecular weight is 397 g/mol. The third-order valence-corrected chi connectivity index (χ3v) is 3.98. The lowest BCUT2D eigenvalue weighted by molar-refractivity contribution is -0.123. The van der Waals surface area contributed by atoms with Crippen molar-refractivity contribution in [3.05, 3.63) is 46.1 Å². The Balaban J connectivity index is 1.64. The van der Waals surface area contributed by atoms with Gasteiger partial charge >= 0.3 is 5.97 Å². The van der Waals surface area contributed by atoms with Crippen LogP contribution >= 0.6 is 23.2 Å². The molecule has 0 radical (unpaired) electrons. The predicted molar refractivity (Wildman–Crippen MR) is 95.2 cm³/mol. The van der Waals surface area contributed by atoms with E-state index >= 15 is 0 Å². The number of fused-ring (bicyclic) bond motifs is 1. The number of anilines is 1. The highest BCUT2D eigenvalue weighted by Crippen LogP contribution is 2.31. The number of pyridine rings is 1. The highest BCUT2D eigenvalue weighted by Gasteiger charge is 2.22. The van der Waals surface area contributed by atoms with E-state index < -0.39 is 18.0 Å². The molecule has 2 aromatic rings. The van der Waals surface area contributed by atoms with Crippen LogP contribution in [0.15, 0.2) is 30.5 Å². The second kappa shape index (κ2) is 7.80. The number of hydrogen-bond donors (Lipinski definition) is 1. The summed E-state index contributed by atoms with van der Waals surface area (Å²) in [5.74, 6) is -0.0994. The van der Waals surface area contributed by atoms with Crippen molar-refractivity contribution in [2.24, 2.45) is 0 Å². The number of amides is 1. The summed E-state index contributed by atoms with van der Waals surface area (Å²) in [5, 5.41) is 3.00. The monoisotopic (exact) mass is 396 g/mol. The number of aromatic nitrogens is 1. The molecule has 0 spiro atoms. The lowest BCUT2D eigenvalue weighted by Crippen LogP contribution is -2.30. The first-order valence-corrected chi connectivity index (χ1v) is 8.42. The molecule has 1 aliphatic heterocycles. The Hall–Kier alpha value is -2.51. The number of carbonyl (C=O) groups is 2. The van der Waals surface area contributed by atoms with Crippen molar-refractivity contribution in [3.63, 3.8) is 0 Å². The number of rotatable bonds is 4. The van der Waals surface area contributed by atoms with E-state index in [1.165, 1.54) is 31.3 Å². The number of ether oxygens (including phenoxy) is 3. The first-order valence-electron chi connectivity index (χ1n) is 7.66. The Bertz CT molecular complexity index is 859. The Morgan fingerprint density at radius 3 is 2.65 bits per heavy atom. The van der Waals surface area contributed by atoms with Gasteiger partial charge in [-0.2, -0.15) is 0 Å². The third kappa shape index (κ3) is 4.17. The summed E-state index contributed by atoms with van der Waals surface area (Å²) < 4.78 is 16.0. The zero-order chi connectivity index (χ0) is 18.7. The van der Waals surface area contributed by atoms with E-state index in [0.29, 0.717) is 29.7 Å². The van der Waals surface area contributed by atoms with E-state index in [9.17, 15) is 9.59 Å². The summed E-state index contributed by atoms with van der Waals surface area (Å²) >= 11 is 11.7. The maximum Gasteiger partial charge on any atom is 0.339 e. The molecule has 0 saturated heterocycles. The molecule has 0 aliphatic carbocycles. The molecule has 1 amide bonds. The van der Waals surface area contributed by atoms with Crippen LogP contribution in [-0.4, -0.2) is 36.2 Å². The van der Waals surface area contributed by atoms with E-state index in [-0.39, 0.29) is 16.4 Å². The lowest BCUT2D eigenvalue weighted by atomic mass is 10.2. The van der Waals surface area contributed by atoms with Gasteiger partial charge in [0.15, 0.2) is 23.4 Å².